The van der Waals surface area contributed by atoms with E-state index in [0.717, 1.165) is 29.2 Å². The van der Waals surface area contributed by atoms with Gasteiger partial charge in [-0.1, -0.05) is 30.3 Å². The lowest BCUT2D eigenvalue weighted by Gasteiger charge is -2.28. The highest BCUT2D eigenvalue weighted by Gasteiger charge is 2.37. The highest BCUT2D eigenvalue weighted by molar-refractivity contribution is 5.89. The van der Waals surface area contributed by atoms with Crippen LogP contribution in [0.5, 0.6) is 0 Å². The summed E-state index contributed by atoms with van der Waals surface area (Å²) in [6.45, 7) is 2.70. The van der Waals surface area contributed by atoms with E-state index >= 15 is 0 Å². The number of carbonyl (C=O) groups excluding carboxylic acids is 2. The second-order valence-corrected chi connectivity index (χ2v) is 7.12. The van der Waals surface area contributed by atoms with E-state index in [1.165, 1.54) is 0 Å². The summed E-state index contributed by atoms with van der Waals surface area (Å²) >= 11 is 0. The van der Waals surface area contributed by atoms with E-state index in [4.69, 9.17) is 9.72 Å². The van der Waals surface area contributed by atoms with Crippen molar-refractivity contribution in [1.82, 2.24) is 19.8 Å². The van der Waals surface area contributed by atoms with E-state index in [1.807, 2.05) is 35.2 Å². The molecular weight excluding hydrogens is 344 g/mol. The monoisotopic (exact) mass is 368 g/mol. The number of aromatic amines is 1. The SMILES string of the molecule is COCCN1CC(C(=O)N2CCc3nc(-c4ccccc4)[nH]c3C2)CC1=O. The first-order valence-corrected chi connectivity index (χ1v) is 9.34. The van der Waals surface area contributed by atoms with E-state index in [-0.39, 0.29) is 17.7 Å². The van der Waals surface area contributed by atoms with Crippen LogP contribution in [-0.4, -0.2) is 64.9 Å². The summed E-state index contributed by atoms with van der Waals surface area (Å²) in [5, 5.41) is 0. The largest absolute Gasteiger partial charge is 0.383 e. The van der Waals surface area contributed by atoms with Crippen molar-refractivity contribution in [3.8, 4) is 11.4 Å². The number of hydrogen-bond acceptors (Lipinski definition) is 4. The number of nitrogens with zero attached hydrogens (tertiary/aromatic N) is 3. The lowest BCUT2D eigenvalue weighted by molar-refractivity contribution is -0.136. The maximum Gasteiger partial charge on any atom is 0.228 e. The van der Waals surface area contributed by atoms with Crippen molar-refractivity contribution in [3.63, 3.8) is 0 Å². The van der Waals surface area contributed by atoms with Crippen LogP contribution in [0.2, 0.25) is 0 Å². The summed E-state index contributed by atoms with van der Waals surface area (Å²) in [4.78, 5) is 36.7. The molecule has 27 heavy (non-hydrogen) atoms. The van der Waals surface area contributed by atoms with Gasteiger partial charge >= 0.3 is 0 Å². The predicted molar refractivity (Wildman–Crippen MR) is 99.7 cm³/mol. The Bertz CT molecular complexity index is 833. The van der Waals surface area contributed by atoms with Gasteiger partial charge in [0.15, 0.2) is 0 Å². The molecule has 7 nitrogen and oxygen atoms in total. The maximum absolute atomic E-state index is 12.9. The number of rotatable bonds is 5. The molecule has 2 aromatic rings. The van der Waals surface area contributed by atoms with Gasteiger partial charge in [0.05, 0.1) is 30.5 Å². The number of likely N-dealkylation sites (tertiary alicyclic amines) is 1. The number of hydrogen-bond donors (Lipinski definition) is 1. The van der Waals surface area contributed by atoms with Crippen LogP contribution in [0.1, 0.15) is 17.8 Å². The van der Waals surface area contributed by atoms with Gasteiger partial charge in [0.1, 0.15) is 5.82 Å². The third-order valence-electron chi connectivity index (χ3n) is 5.32. The standard InChI is InChI=1S/C20H24N4O3/c1-27-10-9-23-12-15(11-18(23)25)20(26)24-8-7-16-17(13-24)22-19(21-16)14-5-3-2-4-6-14/h2-6,15H,7-13H2,1H3,(H,21,22). The normalized spacial score (nSPS) is 19.4. The van der Waals surface area contributed by atoms with Crippen LogP contribution in [0.25, 0.3) is 11.4 Å². The molecule has 1 aromatic heterocycles. The first-order chi connectivity index (χ1) is 13.2. The number of imidazole rings is 1. The first-order valence-electron chi connectivity index (χ1n) is 9.34. The maximum atomic E-state index is 12.9. The van der Waals surface area contributed by atoms with Crippen LogP contribution in [0.3, 0.4) is 0 Å². The molecule has 0 bridgehead atoms. The molecule has 2 aliphatic rings. The molecule has 0 radical (unpaired) electrons. The van der Waals surface area contributed by atoms with Crippen molar-refractivity contribution >= 4 is 11.8 Å². The summed E-state index contributed by atoms with van der Waals surface area (Å²) < 4.78 is 5.04. The molecule has 0 spiro atoms. The lowest BCUT2D eigenvalue weighted by Crippen LogP contribution is -2.40. The van der Waals surface area contributed by atoms with Crippen LogP contribution in [0.15, 0.2) is 30.3 Å². The fourth-order valence-electron chi connectivity index (χ4n) is 3.83. The van der Waals surface area contributed by atoms with E-state index in [1.54, 1.807) is 12.0 Å². The Labute approximate surface area is 158 Å². The third-order valence-corrected chi connectivity index (χ3v) is 5.32. The topological polar surface area (TPSA) is 78.5 Å². The molecule has 1 atom stereocenters. The van der Waals surface area contributed by atoms with Crippen LogP contribution in [0.4, 0.5) is 0 Å². The van der Waals surface area contributed by atoms with Crippen molar-refractivity contribution < 1.29 is 14.3 Å². The zero-order chi connectivity index (χ0) is 18.8. The third kappa shape index (κ3) is 3.60. The molecule has 0 saturated carbocycles. The fraction of sp³-hybridized carbons (Fsp3) is 0.450. The Morgan fingerprint density at radius 1 is 1.33 bits per heavy atom. The zero-order valence-corrected chi connectivity index (χ0v) is 15.5. The van der Waals surface area contributed by atoms with E-state index in [2.05, 4.69) is 4.98 Å². The van der Waals surface area contributed by atoms with E-state index in [0.29, 0.717) is 39.2 Å². The molecule has 1 unspecified atom stereocenters. The molecule has 4 rings (SSSR count). The summed E-state index contributed by atoms with van der Waals surface area (Å²) in [6, 6.07) is 9.99. The number of methoxy groups -OCH3 is 1. The summed E-state index contributed by atoms with van der Waals surface area (Å²) in [5.41, 5.74) is 3.07. The second-order valence-electron chi connectivity index (χ2n) is 7.12. The van der Waals surface area contributed by atoms with Gasteiger partial charge in [0.2, 0.25) is 11.8 Å². The number of H-pyrrole nitrogens is 1. The smallest absolute Gasteiger partial charge is 0.228 e. The molecule has 1 N–H and O–H groups in total. The number of nitrogens with one attached hydrogen (secondary N) is 1. The summed E-state index contributed by atoms with van der Waals surface area (Å²) in [6.07, 6.45) is 1.03. The van der Waals surface area contributed by atoms with Gasteiger partial charge < -0.3 is 19.5 Å². The van der Waals surface area contributed by atoms with Gasteiger partial charge in [-0.2, -0.15) is 0 Å². The highest BCUT2D eigenvalue weighted by atomic mass is 16.5. The Hall–Kier alpha value is -2.67. The van der Waals surface area contributed by atoms with Crippen molar-refractivity contribution in [2.24, 2.45) is 5.92 Å². The molecule has 2 amide bonds. The summed E-state index contributed by atoms with van der Waals surface area (Å²) in [5.74, 6) is 0.685. The van der Waals surface area contributed by atoms with Gasteiger partial charge in [-0.3, -0.25) is 9.59 Å². The number of amides is 2. The molecule has 1 aromatic carbocycles. The van der Waals surface area contributed by atoms with Crippen LogP contribution in [0, 0.1) is 5.92 Å². The molecule has 0 aliphatic carbocycles. The highest BCUT2D eigenvalue weighted by Crippen LogP contribution is 2.26. The number of ether oxygens (including phenoxy) is 1. The molecule has 142 valence electrons. The predicted octanol–water partition coefficient (Wildman–Crippen LogP) is 1.46. The molecule has 2 aliphatic heterocycles. The minimum Gasteiger partial charge on any atom is -0.383 e. The Morgan fingerprint density at radius 3 is 2.93 bits per heavy atom. The van der Waals surface area contributed by atoms with Gasteiger partial charge in [0, 0.05) is 45.1 Å². The van der Waals surface area contributed by atoms with Crippen molar-refractivity contribution in [2.45, 2.75) is 19.4 Å². The minimum absolute atomic E-state index is 0.0380. The lowest BCUT2D eigenvalue weighted by atomic mass is 10.0. The van der Waals surface area contributed by atoms with Gasteiger partial charge in [-0.25, -0.2) is 4.98 Å². The van der Waals surface area contributed by atoms with Gasteiger partial charge in [-0.15, -0.1) is 0 Å². The molecule has 3 heterocycles. The molecule has 1 fully saturated rings. The average molecular weight is 368 g/mol. The zero-order valence-electron chi connectivity index (χ0n) is 15.5. The fourth-order valence-corrected chi connectivity index (χ4v) is 3.83. The molecular formula is C20H24N4O3. The van der Waals surface area contributed by atoms with Gasteiger partial charge in [-0.05, 0) is 0 Å². The molecule has 1 saturated heterocycles. The van der Waals surface area contributed by atoms with Crippen molar-refractivity contribution in [2.75, 3.05) is 33.4 Å². The van der Waals surface area contributed by atoms with Crippen LogP contribution < -0.4 is 0 Å². The number of aromatic nitrogens is 2. The quantitative estimate of drug-likeness (QED) is 0.867. The Balaban J connectivity index is 1.43. The van der Waals surface area contributed by atoms with Crippen molar-refractivity contribution in [3.05, 3.63) is 41.7 Å². The van der Waals surface area contributed by atoms with Gasteiger partial charge in [0.25, 0.3) is 0 Å². The number of benzene rings is 1. The number of carbonyl (C=O) groups is 2. The average Bonchev–Trinajstić information content (AvgIpc) is 3.29. The number of fused-ring (bicyclic) bond motifs is 1. The second kappa shape index (κ2) is 7.52. The minimum atomic E-state index is -0.257. The van der Waals surface area contributed by atoms with E-state index in [9.17, 15) is 9.59 Å². The van der Waals surface area contributed by atoms with E-state index < -0.39 is 0 Å². The first kappa shape index (κ1) is 17.7. The Kier molecular flexibility index (Phi) is 4.94. The van der Waals surface area contributed by atoms with Crippen LogP contribution in [-0.2, 0) is 27.3 Å². The summed E-state index contributed by atoms with van der Waals surface area (Å²) in [7, 11) is 1.61. The Morgan fingerprint density at radius 2 is 2.15 bits per heavy atom. The van der Waals surface area contributed by atoms with Crippen LogP contribution >= 0.6 is 0 Å². The molecule has 7 heteroatoms. The van der Waals surface area contributed by atoms with Crippen molar-refractivity contribution in [1.29, 1.82) is 0 Å².